The second kappa shape index (κ2) is 7.35. The molecule has 3 aromatic rings. The molecule has 0 aliphatic carbocycles. The number of benzene rings is 1. The van der Waals surface area contributed by atoms with Gasteiger partial charge in [-0.1, -0.05) is 12.1 Å². The van der Waals surface area contributed by atoms with Gasteiger partial charge in [0.1, 0.15) is 23.4 Å². The van der Waals surface area contributed by atoms with Crippen molar-refractivity contribution < 1.29 is 13.9 Å². The molecular formula is C23H22FN3O2. The fraction of sp³-hybridized carbons (Fsp3) is 0.304. The number of halogens is 1. The van der Waals surface area contributed by atoms with Gasteiger partial charge in [0.25, 0.3) is 5.91 Å². The highest BCUT2D eigenvalue weighted by Gasteiger charge is 2.44. The van der Waals surface area contributed by atoms with Crippen molar-refractivity contribution in [3.05, 3.63) is 72.6 Å². The summed E-state index contributed by atoms with van der Waals surface area (Å²) in [6.07, 6.45) is 9.10. The van der Waals surface area contributed by atoms with Gasteiger partial charge in [0.15, 0.2) is 0 Å². The maximum Gasteiger partial charge on any atom is 0.270 e. The first-order chi connectivity index (χ1) is 14.2. The molecule has 2 fully saturated rings. The summed E-state index contributed by atoms with van der Waals surface area (Å²) in [5.41, 5.74) is 2.35. The number of ether oxygens (including phenoxy) is 1. The van der Waals surface area contributed by atoms with Gasteiger partial charge < -0.3 is 14.6 Å². The van der Waals surface area contributed by atoms with Gasteiger partial charge in [-0.05, 0) is 54.3 Å². The fourth-order valence-electron chi connectivity index (χ4n) is 4.63. The summed E-state index contributed by atoms with van der Waals surface area (Å²) in [5, 5.41) is 0. The highest BCUT2D eigenvalue weighted by molar-refractivity contribution is 5.94. The standard InChI is InChI=1S/C23H22FN3O2/c24-17-3-1-15(2-4-17)16-11-22(26-14-16)23(28)27-18-5-6-19(27)13-21(12-18)29-20-7-9-25-10-8-20/h1-4,7-11,14,18-19,21,26H,5-6,12-13H2. The molecular weight excluding hydrogens is 369 g/mol. The number of H-pyrrole nitrogens is 1. The Morgan fingerprint density at radius 2 is 1.72 bits per heavy atom. The first kappa shape index (κ1) is 17.9. The fourth-order valence-corrected chi connectivity index (χ4v) is 4.63. The molecule has 6 heteroatoms. The lowest BCUT2D eigenvalue weighted by molar-refractivity contribution is 0.0354. The number of hydrogen-bond acceptors (Lipinski definition) is 3. The first-order valence-corrected chi connectivity index (χ1v) is 10.0. The smallest absolute Gasteiger partial charge is 0.270 e. The quantitative estimate of drug-likeness (QED) is 0.716. The van der Waals surface area contributed by atoms with Gasteiger partial charge in [-0.25, -0.2) is 4.39 Å². The number of piperidine rings is 1. The molecule has 0 saturated carbocycles. The van der Waals surface area contributed by atoms with Gasteiger partial charge in [0.2, 0.25) is 0 Å². The lowest BCUT2D eigenvalue weighted by Gasteiger charge is -2.38. The van der Waals surface area contributed by atoms with E-state index in [1.54, 1.807) is 24.5 Å². The van der Waals surface area contributed by atoms with Crippen molar-refractivity contribution in [3.63, 3.8) is 0 Å². The van der Waals surface area contributed by atoms with Crippen LogP contribution in [0.3, 0.4) is 0 Å². The normalized spacial score (nSPS) is 23.2. The number of carbonyl (C=O) groups is 1. The molecule has 4 heterocycles. The van der Waals surface area contributed by atoms with Gasteiger partial charge in [-0.15, -0.1) is 0 Å². The average molecular weight is 391 g/mol. The van der Waals surface area contributed by atoms with Crippen LogP contribution in [0.4, 0.5) is 4.39 Å². The number of aromatic nitrogens is 2. The summed E-state index contributed by atoms with van der Waals surface area (Å²) in [5.74, 6) is 0.597. The minimum atomic E-state index is -0.269. The summed E-state index contributed by atoms with van der Waals surface area (Å²) >= 11 is 0. The van der Waals surface area contributed by atoms with Crippen LogP contribution in [0.2, 0.25) is 0 Å². The number of nitrogens with one attached hydrogen (secondary N) is 1. The predicted molar refractivity (Wildman–Crippen MR) is 107 cm³/mol. The third-order valence-corrected chi connectivity index (χ3v) is 5.97. The van der Waals surface area contributed by atoms with Crippen molar-refractivity contribution in [1.82, 2.24) is 14.9 Å². The van der Waals surface area contributed by atoms with Crippen LogP contribution in [0.25, 0.3) is 11.1 Å². The van der Waals surface area contributed by atoms with Gasteiger partial charge >= 0.3 is 0 Å². The zero-order chi connectivity index (χ0) is 19.8. The predicted octanol–water partition coefficient (Wildman–Crippen LogP) is 4.43. The highest BCUT2D eigenvalue weighted by atomic mass is 19.1. The molecule has 5 rings (SSSR count). The molecule has 0 spiro atoms. The Morgan fingerprint density at radius 3 is 2.41 bits per heavy atom. The third-order valence-electron chi connectivity index (χ3n) is 5.97. The number of hydrogen-bond donors (Lipinski definition) is 1. The Morgan fingerprint density at radius 1 is 1.03 bits per heavy atom. The molecule has 1 N–H and O–H groups in total. The number of carbonyl (C=O) groups excluding carboxylic acids is 1. The Bertz CT molecular complexity index is 988. The maximum absolute atomic E-state index is 13.2. The van der Waals surface area contributed by atoms with Crippen LogP contribution in [0.1, 0.15) is 36.2 Å². The largest absolute Gasteiger partial charge is 0.490 e. The van der Waals surface area contributed by atoms with E-state index in [1.165, 1.54) is 12.1 Å². The summed E-state index contributed by atoms with van der Waals surface area (Å²) in [4.78, 5) is 22.4. The molecule has 1 amide bonds. The zero-order valence-electron chi connectivity index (χ0n) is 15.9. The minimum Gasteiger partial charge on any atom is -0.490 e. The molecule has 29 heavy (non-hydrogen) atoms. The van der Waals surface area contributed by atoms with Crippen molar-refractivity contribution in [2.45, 2.75) is 43.9 Å². The van der Waals surface area contributed by atoms with E-state index < -0.39 is 0 Å². The molecule has 2 unspecified atom stereocenters. The van der Waals surface area contributed by atoms with Crippen molar-refractivity contribution in [3.8, 4) is 16.9 Å². The second-order valence-electron chi connectivity index (χ2n) is 7.80. The molecule has 2 aromatic heterocycles. The number of fused-ring (bicyclic) bond motifs is 2. The van der Waals surface area contributed by atoms with Crippen LogP contribution in [0.15, 0.2) is 61.1 Å². The molecule has 2 saturated heterocycles. The Labute approximate surface area is 168 Å². The van der Waals surface area contributed by atoms with E-state index >= 15 is 0 Å². The van der Waals surface area contributed by atoms with Crippen LogP contribution >= 0.6 is 0 Å². The Kier molecular flexibility index (Phi) is 4.54. The number of rotatable bonds is 4. The Hall–Kier alpha value is -3.15. The summed E-state index contributed by atoms with van der Waals surface area (Å²) in [6, 6.07) is 12.3. The third kappa shape index (κ3) is 3.50. The molecule has 2 bridgehead atoms. The van der Waals surface area contributed by atoms with Crippen molar-refractivity contribution in [2.75, 3.05) is 0 Å². The van der Waals surface area contributed by atoms with E-state index in [0.717, 1.165) is 42.6 Å². The van der Waals surface area contributed by atoms with Crippen LogP contribution in [-0.2, 0) is 0 Å². The van der Waals surface area contributed by atoms with E-state index in [1.807, 2.05) is 29.3 Å². The maximum atomic E-state index is 13.2. The molecule has 2 aliphatic rings. The van der Waals surface area contributed by atoms with Gasteiger partial charge in [0.05, 0.1) is 0 Å². The lowest BCUT2D eigenvalue weighted by atomic mass is 9.99. The van der Waals surface area contributed by atoms with Crippen molar-refractivity contribution in [1.29, 1.82) is 0 Å². The van der Waals surface area contributed by atoms with Crippen LogP contribution in [0, 0.1) is 5.82 Å². The van der Waals surface area contributed by atoms with E-state index in [2.05, 4.69) is 9.97 Å². The number of amides is 1. The minimum absolute atomic E-state index is 0.0354. The molecule has 148 valence electrons. The highest BCUT2D eigenvalue weighted by Crippen LogP contribution is 2.38. The monoisotopic (exact) mass is 391 g/mol. The average Bonchev–Trinajstić information content (AvgIpc) is 3.32. The van der Waals surface area contributed by atoms with E-state index in [-0.39, 0.29) is 29.9 Å². The first-order valence-electron chi connectivity index (χ1n) is 10.0. The molecule has 1 aromatic carbocycles. The van der Waals surface area contributed by atoms with Crippen LogP contribution in [0.5, 0.6) is 5.75 Å². The van der Waals surface area contributed by atoms with Crippen molar-refractivity contribution in [2.24, 2.45) is 0 Å². The molecule has 2 atom stereocenters. The van der Waals surface area contributed by atoms with E-state index in [9.17, 15) is 9.18 Å². The van der Waals surface area contributed by atoms with Crippen LogP contribution in [-0.4, -0.2) is 39.0 Å². The second-order valence-corrected chi connectivity index (χ2v) is 7.80. The topological polar surface area (TPSA) is 58.2 Å². The zero-order valence-corrected chi connectivity index (χ0v) is 15.9. The number of nitrogens with zero attached hydrogens (tertiary/aromatic N) is 2. The van der Waals surface area contributed by atoms with E-state index in [0.29, 0.717) is 5.69 Å². The van der Waals surface area contributed by atoms with Gasteiger partial charge in [0, 0.05) is 43.5 Å². The van der Waals surface area contributed by atoms with Gasteiger partial charge in [-0.2, -0.15) is 0 Å². The number of pyridine rings is 1. The Balaban J connectivity index is 1.29. The molecule has 5 nitrogen and oxygen atoms in total. The summed E-state index contributed by atoms with van der Waals surface area (Å²) in [6.45, 7) is 0. The molecule has 0 radical (unpaired) electrons. The number of aromatic amines is 1. The molecule has 2 aliphatic heterocycles. The van der Waals surface area contributed by atoms with Gasteiger partial charge in [-0.3, -0.25) is 9.78 Å². The summed E-state index contributed by atoms with van der Waals surface area (Å²) in [7, 11) is 0. The summed E-state index contributed by atoms with van der Waals surface area (Å²) < 4.78 is 19.3. The van der Waals surface area contributed by atoms with Crippen molar-refractivity contribution >= 4 is 5.91 Å². The van der Waals surface area contributed by atoms with E-state index in [4.69, 9.17) is 4.74 Å². The SMILES string of the molecule is O=C(c1cc(-c2ccc(F)cc2)c[nH]1)N1C2CCC1CC(Oc1ccncc1)C2. The lowest BCUT2D eigenvalue weighted by Crippen LogP contribution is -2.49. The van der Waals surface area contributed by atoms with Crippen LogP contribution < -0.4 is 4.74 Å².